The molecule has 9 heteroatoms. The lowest BCUT2D eigenvalue weighted by atomic mass is 9.85. The molecule has 8 nitrogen and oxygen atoms in total. The SMILES string of the molecule is C=CCOC(=O)c1sc(N2C(=O)C(=O)C(=C(O)c3ccc(OCCCC)cc3)C2c2ccc(C(C)(C)C)cc2)nc1C. The van der Waals surface area contributed by atoms with Crippen molar-refractivity contribution in [3.05, 3.63) is 94.0 Å². The Bertz CT molecular complexity index is 1510. The van der Waals surface area contributed by atoms with Crippen LogP contribution in [0.1, 0.15) is 78.6 Å². The number of ether oxygens (including phenoxy) is 2. The second kappa shape index (κ2) is 12.7. The Morgan fingerprint density at radius 2 is 1.79 bits per heavy atom. The van der Waals surface area contributed by atoms with Gasteiger partial charge in [-0.15, -0.1) is 0 Å². The first kappa shape index (κ1) is 30.7. The van der Waals surface area contributed by atoms with E-state index in [1.165, 1.54) is 11.0 Å². The Kier molecular flexibility index (Phi) is 9.31. The molecule has 1 aliphatic heterocycles. The number of hydrogen-bond acceptors (Lipinski definition) is 8. The van der Waals surface area contributed by atoms with Crippen molar-refractivity contribution in [3.63, 3.8) is 0 Å². The number of benzene rings is 2. The summed E-state index contributed by atoms with van der Waals surface area (Å²) in [6.07, 6.45) is 3.38. The highest BCUT2D eigenvalue weighted by Crippen LogP contribution is 2.44. The number of Topliss-reactive ketones (excluding diaryl/α,β-unsaturated/α-hetero) is 1. The van der Waals surface area contributed by atoms with Crippen molar-refractivity contribution in [2.75, 3.05) is 18.1 Å². The molecule has 0 radical (unpaired) electrons. The number of unbranched alkanes of at least 4 members (excludes halogenated alkanes) is 1. The average Bonchev–Trinajstić information content (AvgIpc) is 3.47. The molecule has 1 N–H and O–H groups in total. The van der Waals surface area contributed by atoms with Gasteiger partial charge in [0.1, 0.15) is 23.0 Å². The first-order valence-electron chi connectivity index (χ1n) is 13.9. The van der Waals surface area contributed by atoms with Crippen molar-refractivity contribution in [1.82, 2.24) is 4.98 Å². The fourth-order valence-electron chi connectivity index (χ4n) is 4.58. The fourth-order valence-corrected chi connectivity index (χ4v) is 5.57. The van der Waals surface area contributed by atoms with E-state index in [2.05, 4.69) is 39.3 Å². The molecule has 1 fully saturated rings. The van der Waals surface area contributed by atoms with Crippen LogP contribution in [0.5, 0.6) is 5.75 Å². The van der Waals surface area contributed by atoms with Crippen LogP contribution in [0.4, 0.5) is 5.13 Å². The third kappa shape index (κ3) is 6.31. The Labute approximate surface area is 250 Å². The number of esters is 1. The summed E-state index contributed by atoms with van der Waals surface area (Å²) in [6, 6.07) is 13.4. The lowest BCUT2D eigenvalue weighted by Crippen LogP contribution is -2.29. The predicted molar refractivity (Wildman–Crippen MR) is 164 cm³/mol. The summed E-state index contributed by atoms with van der Waals surface area (Å²) in [5.41, 5.74) is 2.24. The van der Waals surface area contributed by atoms with Gasteiger partial charge < -0.3 is 14.6 Å². The van der Waals surface area contributed by atoms with Crippen molar-refractivity contribution < 1.29 is 29.0 Å². The quantitative estimate of drug-likeness (QED) is 0.0686. The Morgan fingerprint density at radius 1 is 1.12 bits per heavy atom. The van der Waals surface area contributed by atoms with Gasteiger partial charge in [0.15, 0.2) is 5.13 Å². The summed E-state index contributed by atoms with van der Waals surface area (Å²) in [5, 5.41) is 11.6. The van der Waals surface area contributed by atoms with Crippen LogP contribution in [0, 0.1) is 6.92 Å². The maximum atomic E-state index is 13.6. The minimum atomic E-state index is -0.970. The summed E-state index contributed by atoms with van der Waals surface area (Å²) in [7, 11) is 0. The first-order chi connectivity index (χ1) is 20.0. The number of anilines is 1. The number of carbonyl (C=O) groups is 3. The van der Waals surface area contributed by atoms with Crippen LogP contribution in [-0.4, -0.2) is 41.0 Å². The minimum Gasteiger partial charge on any atom is -0.507 e. The zero-order valence-electron chi connectivity index (χ0n) is 24.6. The molecule has 0 spiro atoms. The lowest BCUT2D eigenvalue weighted by molar-refractivity contribution is -0.132. The number of carbonyl (C=O) groups excluding carboxylic acids is 3. The van der Waals surface area contributed by atoms with Crippen LogP contribution < -0.4 is 9.64 Å². The number of aryl methyl sites for hydroxylation is 1. The number of rotatable bonds is 10. The number of hydrogen-bond donors (Lipinski definition) is 1. The molecule has 3 aromatic rings. The van der Waals surface area contributed by atoms with Gasteiger partial charge in [-0.3, -0.25) is 14.5 Å². The Hall–Kier alpha value is -4.24. The highest BCUT2D eigenvalue weighted by atomic mass is 32.1. The van der Waals surface area contributed by atoms with E-state index >= 15 is 0 Å². The zero-order valence-corrected chi connectivity index (χ0v) is 25.4. The van der Waals surface area contributed by atoms with Crippen LogP contribution in [-0.2, 0) is 19.7 Å². The standard InChI is InChI=1S/C33H36N2O6S/c1-7-9-19-40-24-16-12-22(13-17-24)27(36)25-26(21-10-14-23(15-11-21)33(4,5)6)35(30(38)28(25)37)32-34-20(3)29(42-32)31(39)41-18-8-2/h8,10-17,26,36H,2,7,9,18-19H2,1,3-6H3. The molecule has 220 valence electrons. The lowest BCUT2D eigenvalue weighted by Gasteiger charge is -2.24. The van der Waals surface area contributed by atoms with Gasteiger partial charge in [-0.2, -0.15) is 0 Å². The Balaban J connectivity index is 1.82. The first-order valence-corrected chi connectivity index (χ1v) is 14.7. The highest BCUT2D eigenvalue weighted by molar-refractivity contribution is 7.17. The molecule has 2 heterocycles. The molecular weight excluding hydrogens is 552 g/mol. The molecule has 2 aromatic carbocycles. The Morgan fingerprint density at radius 3 is 2.38 bits per heavy atom. The van der Waals surface area contributed by atoms with Gasteiger partial charge >= 0.3 is 11.9 Å². The zero-order chi connectivity index (χ0) is 30.6. The topological polar surface area (TPSA) is 106 Å². The summed E-state index contributed by atoms with van der Waals surface area (Å²) in [6.45, 7) is 14.2. The number of ketones is 1. The molecule has 1 aliphatic rings. The molecule has 1 unspecified atom stereocenters. The second-order valence-corrected chi connectivity index (χ2v) is 12.0. The van der Waals surface area contributed by atoms with Crippen LogP contribution in [0.15, 0.2) is 66.8 Å². The maximum Gasteiger partial charge on any atom is 0.350 e. The summed E-state index contributed by atoms with van der Waals surface area (Å²) in [4.78, 5) is 45.7. The van der Waals surface area contributed by atoms with Gasteiger partial charge in [0.2, 0.25) is 0 Å². The van der Waals surface area contributed by atoms with Gasteiger partial charge in [-0.05, 0) is 54.2 Å². The van der Waals surface area contributed by atoms with E-state index in [1.807, 2.05) is 24.3 Å². The third-order valence-corrected chi connectivity index (χ3v) is 8.08. The maximum absolute atomic E-state index is 13.6. The van der Waals surface area contributed by atoms with Crippen molar-refractivity contribution in [2.45, 2.75) is 58.9 Å². The number of amides is 1. The van der Waals surface area contributed by atoms with E-state index in [9.17, 15) is 19.5 Å². The van der Waals surface area contributed by atoms with Crippen molar-refractivity contribution in [1.29, 1.82) is 0 Å². The number of aliphatic hydroxyl groups is 1. The molecule has 0 bridgehead atoms. The molecule has 0 saturated carbocycles. The number of thiazole rings is 1. The number of aliphatic hydroxyl groups excluding tert-OH is 1. The smallest absolute Gasteiger partial charge is 0.350 e. The van der Waals surface area contributed by atoms with Crippen LogP contribution in [0.25, 0.3) is 5.76 Å². The normalized spacial score (nSPS) is 16.5. The van der Waals surface area contributed by atoms with Crippen LogP contribution in [0.3, 0.4) is 0 Å². The molecule has 1 atom stereocenters. The van der Waals surface area contributed by atoms with Gasteiger partial charge in [-0.1, -0.05) is 82.4 Å². The monoisotopic (exact) mass is 588 g/mol. The van der Waals surface area contributed by atoms with Crippen LogP contribution in [0.2, 0.25) is 0 Å². The van der Waals surface area contributed by atoms with Gasteiger partial charge in [0.05, 0.1) is 23.9 Å². The molecule has 4 rings (SSSR count). The second-order valence-electron chi connectivity index (χ2n) is 11.1. The van der Waals surface area contributed by atoms with E-state index in [4.69, 9.17) is 9.47 Å². The van der Waals surface area contributed by atoms with E-state index in [0.717, 1.165) is 29.7 Å². The number of aromatic nitrogens is 1. The largest absolute Gasteiger partial charge is 0.507 e. The fraction of sp³-hybridized carbons (Fsp3) is 0.333. The van der Waals surface area contributed by atoms with Crippen LogP contribution >= 0.6 is 11.3 Å². The molecule has 0 aliphatic carbocycles. The average molecular weight is 589 g/mol. The van der Waals surface area contributed by atoms with E-state index in [0.29, 0.717) is 29.2 Å². The van der Waals surface area contributed by atoms with E-state index in [1.54, 1.807) is 31.2 Å². The summed E-state index contributed by atoms with van der Waals surface area (Å²) < 4.78 is 10.9. The van der Waals surface area contributed by atoms with Crippen molar-refractivity contribution >= 4 is 39.9 Å². The molecule has 1 saturated heterocycles. The van der Waals surface area contributed by atoms with E-state index in [-0.39, 0.29) is 33.4 Å². The van der Waals surface area contributed by atoms with Gasteiger partial charge in [0.25, 0.3) is 5.78 Å². The molecular formula is C33H36N2O6S. The van der Waals surface area contributed by atoms with Gasteiger partial charge in [0, 0.05) is 5.56 Å². The summed E-state index contributed by atoms with van der Waals surface area (Å²) >= 11 is 0.960. The molecule has 1 aromatic heterocycles. The van der Waals surface area contributed by atoms with Crippen molar-refractivity contribution in [3.8, 4) is 5.75 Å². The predicted octanol–water partition coefficient (Wildman–Crippen LogP) is 6.90. The van der Waals surface area contributed by atoms with Gasteiger partial charge in [-0.25, -0.2) is 9.78 Å². The molecule has 1 amide bonds. The number of nitrogens with zero attached hydrogens (tertiary/aromatic N) is 2. The van der Waals surface area contributed by atoms with Crippen molar-refractivity contribution in [2.24, 2.45) is 0 Å². The summed E-state index contributed by atoms with van der Waals surface area (Å²) in [5.74, 6) is -1.95. The third-order valence-electron chi connectivity index (χ3n) is 6.94. The molecule has 42 heavy (non-hydrogen) atoms. The highest BCUT2D eigenvalue weighted by Gasteiger charge is 2.48. The minimum absolute atomic E-state index is 0.0264. The van der Waals surface area contributed by atoms with E-state index < -0.39 is 23.7 Å².